The zero-order valence-electron chi connectivity index (χ0n) is 11.9. The lowest BCUT2D eigenvalue weighted by atomic mass is 10.1. The molecule has 1 N–H and O–H groups in total. The Morgan fingerprint density at radius 1 is 1.00 bits per heavy atom. The van der Waals surface area contributed by atoms with Gasteiger partial charge in [0.25, 0.3) is 5.91 Å². The summed E-state index contributed by atoms with van der Waals surface area (Å²) >= 11 is 0. The maximum Gasteiger partial charge on any atom is 0.341 e. The number of carbonyl (C=O) groups excluding carboxylic acids is 2. The third-order valence-corrected chi connectivity index (χ3v) is 3.01. The molecule has 0 atom stereocenters. The molecule has 0 aromatic heterocycles. The van der Waals surface area contributed by atoms with Gasteiger partial charge in [-0.1, -0.05) is 42.5 Å². The first-order valence-corrected chi connectivity index (χ1v) is 6.89. The molecule has 0 bridgehead atoms. The highest BCUT2D eigenvalue weighted by Gasteiger charge is 2.13. The van der Waals surface area contributed by atoms with Crippen molar-refractivity contribution in [1.82, 2.24) is 5.32 Å². The first kappa shape index (κ1) is 15.7. The highest BCUT2D eigenvalue weighted by Crippen LogP contribution is 2.07. The van der Waals surface area contributed by atoms with Crippen molar-refractivity contribution in [2.45, 2.75) is 6.42 Å². The molecule has 0 saturated carbocycles. The number of esters is 1. The standard InChI is InChI=1S/C17H16FNO3/c18-15-9-5-4-8-14(15)17(21)22-12-16(20)19-11-10-13-6-2-1-3-7-13/h1-9H,10-12H2,(H,19,20). The molecule has 2 rings (SSSR count). The fourth-order valence-electron chi connectivity index (χ4n) is 1.88. The van der Waals surface area contributed by atoms with Crippen molar-refractivity contribution in [1.29, 1.82) is 0 Å². The lowest BCUT2D eigenvalue weighted by molar-refractivity contribution is -0.124. The number of rotatable bonds is 6. The van der Waals surface area contributed by atoms with Gasteiger partial charge in [-0.2, -0.15) is 0 Å². The molecule has 2 aromatic carbocycles. The Kier molecular flexibility index (Phi) is 5.65. The van der Waals surface area contributed by atoms with E-state index in [4.69, 9.17) is 4.74 Å². The van der Waals surface area contributed by atoms with E-state index >= 15 is 0 Å². The summed E-state index contributed by atoms with van der Waals surface area (Å²) in [6.07, 6.45) is 0.688. The molecule has 2 aromatic rings. The van der Waals surface area contributed by atoms with Crippen LogP contribution in [0.2, 0.25) is 0 Å². The second-order valence-corrected chi connectivity index (χ2v) is 4.64. The minimum absolute atomic E-state index is 0.181. The number of hydrogen-bond donors (Lipinski definition) is 1. The summed E-state index contributed by atoms with van der Waals surface area (Å²) in [5.74, 6) is -1.94. The maximum atomic E-state index is 13.4. The molecule has 0 unspecified atom stereocenters. The quantitative estimate of drug-likeness (QED) is 0.833. The Bertz CT molecular complexity index is 643. The molecule has 114 valence electrons. The van der Waals surface area contributed by atoms with E-state index in [2.05, 4.69) is 5.32 Å². The van der Waals surface area contributed by atoms with Crippen LogP contribution in [0.1, 0.15) is 15.9 Å². The van der Waals surface area contributed by atoms with Gasteiger partial charge in [-0.25, -0.2) is 9.18 Å². The van der Waals surface area contributed by atoms with E-state index in [1.807, 2.05) is 30.3 Å². The van der Waals surface area contributed by atoms with Crippen LogP contribution in [0.25, 0.3) is 0 Å². The zero-order valence-corrected chi connectivity index (χ0v) is 11.9. The second-order valence-electron chi connectivity index (χ2n) is 4.64. The van der Waals surface area contributed by atoms with Crippen molar-refractivity contribution < 1.29 is 18.7 Å². The second kappa shape index (κ2) is 7.93. The summed E-state index contributed by atoms with van der Waals surface area (Å²) in [5.41, 5.74) is 0.922. The van der Waals surface area contributed by atoms with Crippen LogP contribution in [0.15, 0.2) is 54.6 Å². The van der Waals surface area contributed by atoms with E-state index in [0.29, 0.717) is 13.0 Å². The van der Waals surface area contributed by atoms with Crippen molar-refractivity contribution in [2.24, 2.45) is 0 Å². The van der Waals surface area contributed by atoms with E-state index in [9.17, 15) is 14.0 Å². The zero-order chi connectivity index (χ0) is 15.8. The van der Waals surface area contributed by atoms with E-state index < -0.39 is 24.3 Å². The summed E-state index contributed by atoms with van der Waals surface area (Å²) in [7, 11) is 0. The minimum Gasteiger partial charge on any atom is -0.452 e. The molecule has 0 aliphatic heterocycles. The average Bonchev–Trinajstić information content (AvgIpc) is 2.54. The lowest BCUT2D eigenvalue weighted by Gasteiger charge is -2.07. The Morgan fingerprint density at radius 3 is 2.41 bits per heavy atom. The van der Waals surface area contributed by atoms with Crippen LogP contribution in [0.4, 0.5) is 4.39 Å². The number of halogens is 1. The Morgan fingerprint density at radius 2 is 1.68 bits per heavy atom. The van der Waals surface area contributed by atoms with Crippen molar-refractivity contribution in [3.05, 3.63) is 71.5 Å². The van der Waals surface area contributed by atoms with E-state index in [1.165, 1.54) is 18.2 Å². The van der Waals surface area contributed by atoms with Crippen LogP contribution >= 0.6 is 0 Å². The van der Waals surface area contributed by atoms with Gasteiger partial charge in [-0.05, 0) is 24.1 Å². The fraction of sp³-hybridized carbons (Fsp3) is 0.176. The third kappa shape index (κ3) is 4.70. The summed E-state index contributed by atoms with van der Waals surface area (Å²) in [6.45, 7) is 0.0159. The van der Waals surface area contributed by atoms with Gasteiger partial charge in [-0.15, -0.1) is 0 Å². The predicted molar refractivity (Wildman–Crippen MR) is 79.8 cm³/mol. The highest BCUT2D eigenvalue weighted by atomic mass is 19.1. The van der Waals surface area contributed by atoms with E-state index in [0.717, 1.165) is 11.6 Å². The van der Waals surface area contributed by atoms with Crippen LogP contribution in [0, 0.1) is 5.82 Å². The van der Waals surface area contributed by atoms with Crippen LogP contribution in [0.3, 0.4) is 0 Å². The monoisotopic (exact) mass is 301 g/mol. The van der Waals surface area contributed by atoms with Gasteiger partial charge >= 0.3 is 5.97 Å². The number of carbonyl (C=O) groups is 2. The Labute approximate surface area is 127 Å². The van der Waals surface area contributed by atoms with Crippen LogP contribution in [-0.4, -0.2) is 25.0 Å². The molecule has 4 nitrogen and oxygen atoms in total. The molecule has 0 saturated heterocycles. The van der Waals surface area contributed by atoms with Gasteiger partial charge < -0.3 is 10.1 Å². The molecule has 0 spiro atoms. The van der Waals surface area contributed by atoms with E-state index in [1.54, 1.807) is 0 Å². The molecule has 5 heteroatoms. The minimum atomic E-state index is -0.851. The van der Waals surface area contributed by atoms with Gasteiger partial charge in [0.15, 0.2) is 6.61 Å². The van der Waals surface area contributed by atoms with Crippen molar-refractivity contribution in [3.63, 3.8) is 0 Å². The molecule has 0 aliphatic rings. The predicted octanol–water partition coefficient (Wildman–Crippen LogP) is 2.34. The molecule has 0 fully saturated rings. The van der Waals surface area contributed by atoms with Gasteiger partial charge in [0.05, 0.1) is 5.56 Å². The molecule has 1 amide bonds. The molecule has 0 radical (unpaired) electrons. The average molecular weight is 301 g/mol. The molecule has 22 heavy (non-hydrogen) atoms. The number of nitrogens with one attached hydrogen (secondary N) is 1. The summed E-state index contributed by atoms with van der Waals surface area (Å²) < 4.78 is 18.1. The number of benzene rings is 2. The first-order chi connectivity index (χ1) is 10.7. The summed E-state index contributed by atoms with van der Waals surface area (Å²) in [5, 5.41) is 2.64. The number of amides is 1. The van der Waals surface area contributed by atoms with Crippen LogP contribution in [-0.2, 0) is 16.0 Å². The van der Waals surface area contributed by atoms with Crippen molar-refractivity contribution in [2.75, 3.05) is 13.2 Å². The molecular formula is C17H16FNO3. The Balaban J connectivity index is 1.72. The number of hydrogen-bond acceptors (Lipinski definition) is 3. The molecular weight excluding hydrogens is 285 g/mol. The summed E-state index contributed by atoms with van der Waals surface area (Å²) in [6, 6.07) is 15.2. The lowest BCUT2D eigenvalue weighted by Crippen LogP contribution is -2.30. The van der Waals surface area contributed by atoms with Crippen LogP contribution < -0.4 is 5.32 Å². The first-order valence-electron chi connectivity index (χ1n) is 6.89. The topological polar surface area (TPSA) is 55.4 Å². The largest absolute Gasteiger partial charge is 0.452 e. The molecule has 0 heterocycles. The Hall–Kier alpha value is -2.69. The van der Waals surface area contributed by atoms with Gasteiger partial charge in [0, 0.05) is 6.54 Å². The van der Waals surface area contributed by atoms with Gasteiger partial charge in [-0.3, -0.25) is 4.79 Å². The van der Waals surface area contributed by atoms with E-state index in [-0.39, 0.29) is 5.56 Å². The third-order valence-electron chi connectivity index (χ3n) is 3.01. The SMILES string of the molecule is O=C(COC(=O)c1ccccc1F)NCCc1ccccc1. The van der Waals surface area contributed by atoms with Crippen molar-refractivity contribution >= 4 is 11.9 Å². The summed E-state index contributed by atoms with van der Waals surface area (Å²) in [4.78, 5) is 23.2. The maximum absolute atomic E-state index is 13.4. The van der Waals surface area contributed by atoms with Crippen molar-refractivity contribution in [3.8, 4) is 0 Å². The smallest absolute Gasteiger partial charge is 0.341 e. The molecule has 0 aliphatic carbocycles. The number of ether oxygens (including phenoxy) is 1. The van der Waals surface area contributed by atoms with Gasteiger partial charge in [0.2, 0.25) is 0 Å². The highest BCUT2D eigenvalue weighted by molar-refractivity contribution is 5.91. The van der Waals surface area contributed by atoms with Gasteiger partial charge in [0.1, 0.15) is 5.82 Å². The fourth-order valence-corrected chi connectivity index (χ4v) is 1.88. The normalized spacial score (nSPS) is 10.0. The van der Waals surface area contributed by atoms with Crippen LogP contribution in [0.5, 0.6) is 0 Å².